The minimum absolute atomic E-state index is 0.0275. The second-order valence-electron chi connectivity index (χ2n) is 6.99. The maximum atomic E-state index is 12.1. The number of H-pyrrole nitrogens is 1. The summed E-state index contributed by atoms with van der Waals surface area (Å²) in [6.45, 7) is 0.389. The first-order valence-electron chi connectivity index (χ1n) is 9.59. The van der Waals surface area contributed by atoms with Crippen LogP contribution in [0.15, 0.2) is 60.8 Å². The van der Waals surface area contributed by atoms with Gasteiger partial charge in [0.1, 0.15) is 0 Å². The highest BCUT2D eigenvalue weighted by Crippen LogP contribution is 2.19. The predicted octanol–water partition coefficient (Wildman–Crippen LogP) is 3.61. The fourth-order valence-electron chi connectivity index (χ4n) is 3.29. The topological polar surface area (TPSA) is 79.0 Å². The summed E-state index contributed by atoms with van der Waals surface area (Å²) in [7, 11) is -3.15. The molecule has 0 aliphatic rings. The predicted molar refractivity (Wildman–Crippen MR) is 113 cm³/mol. The van der Waals surface area contributed by atoms with Crippen molar-refractivity contribution >= 4 is 26.6 Å². The van der Waals surface area contributed by atoms with Gasteiger partial charge < -0.3 is 10.3 Å². The second kappa shape index (κ2) is 9.55. The largest absolute Gasteiger partial charge is 0.361 e. The fourth-order valence-corrected chi connectivity index (χ4v) is 4.72. The highest BCUT2D eigenvalue weighted by atomic mass is 32.2. The average Bonchev–Trinajstić information content (AvgIpc) is 3.09. The Bertz CT molecular complexity index is 1010. The lowest BCUT2D eigenvalue weighted by atomic mass is 10.1. The molecular formula is C22H26N2O3S. The van der Waals surface area contributed by atoms with E-state index in [2.05, 4.69) is 16.4 Å². The monoisotopic (exact) mass is 398 g/mol. The standard InChI is InChI=1S/C22H26N2O3S/c25-22(13-6-10-19-16-24-21-12-5-4-11-20(19)21)23-14-7-15-28(26,27)17-18-8-2-1-3-9-18/h1-5,8-9,11-12,16,24H,6-7,10,13-15,17H2,(H,23,25). The first kappa shape index (κ1) is 20.1. The number of aryl methyl sites for hydroxylation is 1. The third-order valence-electron chi connectivity index (χ3n) is 4.71. The van der Waals surface area contributed by atoms with E-state index in [1.54, 1.807) is 0 Å². The van der Waals surface area contributed by atoms with E-state index in [0.29, 0.717) is 19.4 Å². The number of fused-ring (bicyclic) bond motifs is 1. The lowest BCUT2D eigenvalue weighted by Gasteiger charge is -2.07. The minimum atomic E-state index is -3.15. The Balaban J connectivity index is 1.33. The summed E-state index contributed by atoms with van der Waals surface area (Å²) in [6, 6.07) is 17.3. The SMILES string of the molecule is O=C(CCCc1c[nH]c2ccccc12)NCCCS(=O)(=O)Cc1ccccc1. The smallest absolute Gasteiger partial charge is 0.220 e. The quantitative estimate of drug-likeness (QED) is 0.512. The van der Waals surface area contributed by atoms with Crippen LogP contribution in [0.2, 0.25) is 0 Å². The van der Waals surface area contributed by atoms with Gasteiger partial charge >= 0.3 is 0 Å². The number of benzene rings is 2. The molecule has 0 atom stereocenters. The molecule has 0 bridgehead atoms. The summed E-state index contributed by atoms with van der Waals surface area (Å²) in [5.41, 5.74) is 3.12. The number of aromatic nitrogens is 1. The van der Waals surface area contributed by atoms with Gasteiger partial charge in [0.25, 0.3) is 0 Å². The van der Waals surface area contributed by atoms with E-state index in [4.69, 9.17) is 0 Å². The van der Waals surface area contributed by atoms with Crippen molar-refractivity contribution in [2.24, 2.45) is 0 Å². The number of carbonyl (C=O) groups is 1. The molecule has 0 saturated heterocycles. The first-order valence-corrected chi connectivity index (χ1v) is 11.4. The van der Waals surface area contributed by atoms with Crippen molar-refractivity contribution in [3.05, 3.63) is 71.9 Å². The lowest BCUT2D eigenvalue weighted by Crippen LogP contribution is -2.26. The zero-order valence-corrected chi connectivity index (χ0v) is 16.7. The summed E-state index contributed by atoms with van der Waals surface area (Å²) in [5.74, 6) is 0.101. The molecule has 0 spiro atoms. The molecule has 0 aliphatic carbocycles. The van der Waals surface area contributed by atoms with Gasteiger partial charge in [-0.1, -0.05) is 48.5 Å². The summed E-state index contributed by atoms with van der Waals surface area (Å²) in [4.78, 5) is 15.2. The Labute approximate surface area is 166 Å². The van der Waals surface area contributed by atoms with Crippen molar-refractivity contribution in [3.8, 4) is 0 Å². The Kier molecular flexibility index (Phi) is 6.87. The van der Waals surface area contributed by atoms with Gasteiger partial charge in [-0.2, -0.15) is 0 Å². The molecule has 0 aliphatic heterocycles. The van der Waals surface area contributed by atoms with Gasteiger partial charge in [-0.05, 0) is 36.5 Å². The van der Waals surface area contributed by atoms with Crippen LogP contribution in [0.4, 0.5) is 0 Å². The van der Waals surface area contributed by atoms with Crippen molar-refractivity contribution in [1.29, 1.82) is 0 Å². The van der Waals surface area contributed by atoms with Crippen molar-refractivity contribution in [1.82, 2.24) is 10.3 Å². The zero-order valence-electron chi connectivity index (χ0n) is 15.9. The molecule has 28 heavy (non-hydrogen) atoms. The van der Waals surface area contributed by atoms with Crippen LogP contribution in [0, 0.1) is 0 Å². The maximum absolute atomic E-state index is 12.1. The number of hydrogen-bond acceptors (Lipinski definition) is 3. The third-order valence-corrected chi connectivity index (χ3v) is 6.39. The molecule has 0 unspecified atom stereocenters. The molecular weight excluding hydrogens is 372 g/mol. The summed E-state index contributed by atoms with van der Waals surface area (Å²) < 4.78 is 24.3. The lowest BCUT2D eigenvalue weighted by molar-refractivity contribution is -0.121. The number of sulfone groups is 1. The van der Waals surface area contributed by atoms with Crippen molar-refractivity contribution in [2.75, 3.05) is 12.3 Å². The summed E-state index contributed by atoms with van der Waals surface area (Å²) in [5, 5.41) is 4.03. The molecule has 3 aromatic rings. The number of hydrogen-bond donors (Lipinski definition) is 2. The molecule has 0 radical (unpaired) electrons. The average molecular weight is 399 g/mol. The molecule has 2 N–H and O–H groups in total. The highest BCUT2D eigenvalue weighted by molar-refractivity contribution is 7.90. The van der Waals surface area contributed by atoms with Crippen LogP contribution >= 0.6 is 0 Å². The van der Waals surface area contributed by atoms with E-state index in [1.807, 2.05) is 54.7 Å². The Morgan fingerprint density at radius 2 is 1.71 bits per heavy atom. The third kappa shape index (κ3) is 5.96. The molecule has 1 aromatic heterocycles. The zero-order chi connectivity index (χ0) is 19.8. The maximum Gasteiger partial charge on any atom is 0.220 e. The van der Waals surface area contributed by atoms with Crippen LogP contribution in [-0.4, -0.2) is 31.6 Å². The normalized spacial score (nSPS) is 11.6. The molecule has 0 saturated carbocycles. The second-order valence-corrected chi connectivity index (χ2v) is 9.18. The van der Waals surface area contributed by atoms with Gasteiger partial charge in [-0.3, -0.25) is 4.79 Å². The van der Waals surface area contributed by atoms with Crippen LogP contribution in [-0.2, 0) is 26.8 Å². The number of amides is 1. The van der Waals surface area contributed by atoms with Crippen LogP contribution < -0.4 is 5.32 Å². The van der Waals surface area contributed by atoms with Crippen molar-refractivity contribution < 1.29 is 13.2 Å². The molecule has 3 rings (SSSR count). The summed E-state index contributed by atoms with van der Waals surface area (Å²) >= 11 is 0. The van der Waals surface area contributed by atoms with Gasteiger partial charge in [0.2, 0.25) is 5.91 Å². The van der Waals surface area contributed by atoms with E-state index in [1.165, 1.54) is 10.9 Å². The van der Waals surface area contributed by atoms with Crippen molar-refractivity contribution in [2.45, 2.75) is 31.4 Å². The highest BCUT2D eigenvalue weighted by Gasteiger charge is 2.12. The van der Waals surface area contributed by atoms with Crippen LogP contribution in [0.3, 0.4) is 0 Å². The van der Waals surface area contributed by atoms with Crippen LogP contribution in [0.1, 0.15) is 30.4 Å². The number of carbonyl (C=O) groups excluding carboxylic acids is 1. The number of rotatable bonds is 10. The Hall–Kier alpha value is -2.60. The van der Waals surface area contributed by atoms with E-state index >= 15 is 0 Å². The number of para-hydroxylation sites is 1. The van der Waals surface area contributed by atoms with E-state index < -0.39 is 9.84 Å². The molecule has 148 valence electrons. The molecule has 2 aromatic carbocycles. The minimum Gasteiger partial charge on any atom is -0.361 e. The molecule has 1 heterocycles. The van der Waals surface area contributed by atoms with E-state index in [9.17, 15) is 13.2 Å². The van der Waals surface area contributed by atoms with E-state index in [-0.39, 0.29) is 17.4 Å². The molecule has 6 heteroatoms. The number of aromatic amines is 1. The first-order chi connectivity index (χ1) is 13.5. The van der Waals surface area contributed by atoms with Gasteiger partial charge in [0.15, 0.2) is 9.84 Å². The number of nitrogens with one attached hydrogen (secondary N) is 2. The Morgan fingerprint density at radius 3 is 2.54 bits per heavy atom. The van der Waals surface area contributed by atoms with Gasteiger partial charge in [-0.15, -0.1) is 0 Å². The van der Waals surface area contributed by atoms with Crippen LogP contribution in [0.25, 0.3) is 10.9 Å². The van der Waals surface area contributed by atoms with Gasteiger partial charge in [0.05, 0.1) is 11.5 Å². The van der Waals surface area contributed by atoms with Gasteiger partial charge in [0, 0.05) is 30.1 Å². The van der Waals surface area contributed by atoms with E-state index in [0.717, 1.165) is 23.9 Å². The van der Waals surface area contributed by atoms with Crippen molar-refractivity contribution in [3.63, 3.8) is 0 Å². The Morgan fingerprint density at radius 1 is 0.964 bits per heavy atom. The molecule has 5 nitrogen and oxygen atoms in total. The molecule has 0 fully saturated rings. The van der Waals surface area contributed by atoms with Gasteiger partial charge in [-0.25, -0.2) is 8.42 Å². The molecule has 1 amide bonds. The fraction of sp³-hybridized carbons (Fsp3) is 0.318. The van der Waals surface area contributed by atoms with Crippen LogP contribution in [0.5, 0.6) is 0 Å². The summed E-state index contributed by atoms with van der Waals surface area (Å²) in [6.07, 6.45) is 4.47.